The van der Waals surface area contributed by atoms with Crippen LogP contribution in [-0.2, 0) is 12.8 Å². The number of amides is 2. The molecular weight excluding hydrogens is 546 g/mol. The molecule has 1 heterocycles. The molecule has 0 spiro atoms. The zero-order valence-electron chi connectivity index (χ0n) is 20.1. The number of nitrogens with one attached hydrogen (secondary N) is 2. The van der Waals surface area contributed by atoms with Gasteiger partial charge in [-0.3, -0.25) is 14.9 Å². The molecule has 184 valence electrons. The molecule has 4 N–H and O–H groups in total. The number of methoxy groups -OCH3 is 1. The molecular formula is C26H28BrN3O3S2. The SMILES string of the molecule is COc1c(C(=O)NC(=S)Nc2sc3c(c2C(N)=O)CC[C@H](C(C)(C)C)C3)cc2ccccc2c1Br. The first-order valence-corrected chi connectivity index (χ1v) is 13.3. The van der Waals surface area contributed by atoms with E-state index in [1.165, 1.54) is 18.4 Å². The highest BCUT2D eigenvalue weighted by atomic mass is 79.9. The van der Waals surface area contributed by atoms with Crippen LogP contribution < -0.4 is 21.1 Å². The second kappa shape index (κ2) is 9.87. The standard InChI is InChI=1S/C26H28BrN3O3S2/c1-26(2,3)14-9-10-16-18(12-14)35-24(19(16)22(28)31)30-25(34)29-23(32)17-11-13-7-5-6-8-15(13)20(27)21(17)33-4/h5-8,11,14H,9-10,12H2,1-4H3,(H2,28,31)(H2,29,30,32,34)/t14-/m0/s1. The van der Waals surface area contributed by atoms with Gasteiger partial charge < -0.3 is 15.8 Å². The molecule has 9 heteroatoms. The molecule has 3 aromatic rings. The summed E-state index contributed by atoms with van der Waals surface area (Å²) in [5.74, 6) is 0.0309. The third-order valence-electron chi connectivity index (χ3n) is 6.58. The van der Waals surface area contributed by atoms with E-state index in [4.69, 9.17) is 22.7 Å². The summed E-state index contributed by atoms with van der Waals surface area (Å²) in [5.41, 5.74) is 7.75. The number of hydrogen-bond donors (Lipinski definition) is 3. The van der Waals surface area contributed by atoms with Gasteiger partial charge in [0.15, 0.2) is 5.11 Å². The Morgan fingerprint density at radius 1 is 1.26 bits per heavy atom. The van der Waals surface area contributed by atoms with Gasteiger partial charge in [0.2, 0.25) is 0 Å². The summed E-state index contributed by atoms with van der Waals surface area (Å²) in [6.07, 6.45) is 2.70. The van der Waals surface area contributed by atoms with Gasteiger partial charge in [0, 0.05) is 4.88 Å². The Labute approximate surface area is 222 Å². The molecule has 1 aliphatic carbocycles. The average Bonchev–Trinajstić information content (AvgIpc) is 3.15. The number of primary amides is 1. The molecule has 1 aromatic heterocycles. The van der Waals surface area contributed by atoms with E-state index in [2.05, 4.69) is 47.3 Å². The lowest BCUT2D eigenvalue weighted by atomic mass is 9.72. The van der Waals surface area contributed by atoms with E-state index >= 15 is 0 Å². The van der Waals surface area contributed by atoms with Crippen LogP contribution >= 0.6 is 39.5 Å². The number of anilines is 1. The molecule has 2 aromatic carbocycles. The number of thiocarbonyl (C=S) groups is 1. The Balaban J connectivity index is 1.58. The van der Waals surface area contributed by atoms with Crippen LogP contribution in [0.4, 0.5) is 5.00 Å². The first-order chi connectivity index (χ1) is 16.5. The van der Waals surface area contributed by atoms with Crippen molar-refractivity contribution in [2.45, 2.75) is 40.0 Å². The van der Waals surface area contributed by atoms with Gasteiger partial charge in [-0.25, -0.2) is 0 Å². The number of hydrogen-bond acceptors (Lipinski definition) is 5. The van der Waals surface area contributed by atoms with Crippen molar-refractivity contribution in [3.8, 4) is 5.75 Å². The highest BCUT2D eigenvalue weighted by Gasteiger charge is 2.33. The molecule has 4 rings (SSSR count). The molecule has 0 unspecified atom stereocenters. The summed E-state index contributed by atoms with van der Waals surface area (Å²) in [4.78, 5) is 26.7. The highest BCUT2D eigenvalue weighted by molar-refractivity contribution is 9.10. The van der Waals surface area contributed by atoms with Crippen molar-refractivity contribution in [3.05, 3.63) is 56.4 Å². The largest absolute Gasteiger partial charge is 0.495 e. The number of benzene rings is 2. The molecule has 0 saturated heterocycles. The topological polar surface area (TPSA) is 93.4 Å². The number of carbonyl (C=O) groups excluding carboxylic acids is 2. The van der Waals surface area contributed by atoms with Crippen LogP contribution in [0.5, 0.6) is 5.75 Å². The van der Waals surface area contributed by atoms with Crippen LogP contribution in [0.1, 0.15) is 58.3 Å². The molecule has 1 aliphatic rings. The van der Waals surface area contributed by atoms with Crippen molar-refractivity contribution in [2.24, 2.45) is 17.1 Å². The Morgan fingerprint density at radius 3 is 2.63 bits per heavy atom. The first kappa shape index (κ1) is 25.6. The third-order valence-corrected chi connectivity index (χ3v) is 8.74. The van der Waals surface area contributed by atoms with Gasteiger partial charge in [-0.2, -0.15) is 0 Å². The van der Waals surface area contributed by atoms with E-state index in [1.54, 1.807) is 6.07 Å². The average molecular weight is 575 g/mol. The monoisotopic (exact) mass is 573 g/mol. The van der Waals surface area contributed by atoms with E-state index in [0.717, 1.165) is 40.5 Å². The maximum Gasteiger partial charge on any atom is 0.261 e. The Kier molecular flexibility index (Phi) is 7.22. The molecule has 0 bridgehead atoms. The molecule has 35 heavy (non-hydrogen) atoms. The molecule has 0 fully saturated rings. The van der Waals surface area contributed by atoms with Gasteiger partial charge in [0.1, 0.15) is 10.8 Å². The van der Waals surface area contributed by atoms with E-state index in [9.17, 15) is 9.59 Å². The van der Waals surface area contributed by atoms with E-state index in [-0.39, 0.29) is 10.5 Å². The van der Waals surface area contributed by atoms with Crippen molar-refractivity contribution in [2.75, 3.05) is 12.4 Å². The summed E-state index contributed by atoms with van der Waals surface area (Å²) in [5, 5.41) is 8.28. The fraction of sp³-hybridized carbons (Fsp3) is 0.346. The van der Waals surface area contributed by atoms with Crippen molar-refractivity contribution < 1.29 is 14.3 Å². The second-order valence-electron chi connectivity index (χ2n) is 9.78. The van der Waals surface area contributed by atoms with E-state index in [0.29, 0.717) is 32.3 Å². The molecule has 1 atom stereocenters. The number of ether oxygens (including phenoxy) is 1. The maximum atomic E-state index is 13.2. The summed E-state index contributed by atoms with van der Waals surface area (Å²) in [6, 6.07) is 9.47. The van der Waals surface area contributed by atoms with Crippen LogP contribution in [-0.4, -0.2) is 24.0 Å². The summed E-state index contributed by atoms with van der Waals surface area (Å²) in [7, 11) is 1.52. The van der Waals surface area contributed by atoms with Crippen LogP contribution in [0, 0.1) is 11.3 Å². The normalized spacial score (nSPS) is 15.4. The molecule has 6 nitrogen and oxygen atoms in total. The Bertz CT molecular complexity index is 1340. The first-order valence-electron chi connectivity index (χ1n) is 11.3. The lowest BCUT2D eigenvalue weighted by Gasteiger charge is -2.33. The Morgan fingerprint density at radius 2 is 1.97 bits per heavy atom. The molecule has 2 amide bonds. The maximum absolute atomic E-state index is 13.2. The van der Waals surface area contributed by atoms with Crippen LogP contribution in [0.25, 0.3) is 10.8 Å². The van der Waals surface area contributed by atoms with Crippen LogP contribution in [0.15, 0.2) is 34.8 Å². The summed E-state index contributed by atoms with van der Waals surface area (Å²) >= 11 is 10.5. The third kappa shape index (κ3) is 5.08. The molecule has 0 radical (unpaired) electrons. The lowest BCUT2D eigenvalue weighted by Crippen LogP contribution is -2.34. The fourth-order valence-electron chi connectivity index (χ4n) is 4.63. The van der Waals surface area contributed by atoms with Crippen molar-refractivity contribution in [1.29, 1.82) is 0 Å². The van der Waals surface area contributed by atoms with Crippen LogP contribution in [0.2, 0.25) is 0 Å². The minimum absolute atomic E-state index is 0.0924. The zero-order valence-corrected chi connectivity index (χ0v) is 23.3. The number of thiophene rings is 1. The molecule has 0 saturated carbocycles. The minimum atomic E-state index is -0.492. The summed E-state index contributed by atoms with van der Waals surface area (Å²) in [6.45, 7) is 6.73. The minimum Gasteiger partial charge on any atom is -0.495 e. The number of rotatable bonds is 4. The number of carbonyl (C=O) groups is 2. The van der Waals surface area contributed by atoms with Gasteiger partial charge in [-0.1, -0.05) is 45.0 Å². The van der Waals surface area contributed by atoms with Gasteiger partial charge in [0.05, 0.1) is 22.7 Å². The quantitative estimate of drug-likeness (QED) is 0.330. The second-order valence-corrected chi connectivity index (χ2v) is 12.1. The van der Waals surface area contributed by atoms with Crippen molar-refractivity contribution >= 4 is 72.2 Å². The van der Waals surface area contributed by atoms with Crippen molar-refractivity contribution in [1.82, 2.24) is 5.32 Å². The van der Waals surface area contributed by atoms with Gasteiger partial charge in [0.25, 0.3) is 11.8 Å². The Hall–Kier alpha value is -2.49. The van der Waals surface area contributed by atoms with E-state index < -0.39 is 11.8 Å². The highest BCUT2D eigenvalue weighted by Crippen LogP contribution is 2.44. The van der Waals surface area contributed by atoms with Gasteiger partial charge in [-0.05, 0) is 81.1 Å². The lowest BCUT2D eigenvalue weighted by molar-refractivity contribution is 0.0972. The number of fused-ring (bicyclic) bond motifs is 2. The fourth-order valence-corrected chi connectivity index (χ4v) is 6.96. The number of halogens is 1. The van der Waals surface area contributed by atoms with E-state index in [1.807, 2.05) is 24.3 Å². The summed E-state index contributed by atoms with van der Waals surface area (Å²) < 4.78 is 6.21. The molecule has 0 aliphatic heterocycles. The predicted octanol–water partition coefficient (Wildman–Crippen LogP) is 6.05. The predicted molar refractivity (Wildman–Crippen MR) is 150 cm³/mol. The smallest absolute Gasteiger partial charge is 0.261 e. The van der Waals surface area contributed by atoms with Crippen molar-refractivity contribution in [3.63, 3.8) is 0 Å². The number of nitrogens with two attached hydrogens (primary N) is 1. The van der Waals surface area contributed by atoms with Crippen LogP contribution in [0.3, 0.4) is 0 Å². The zero-order chi connectivity index (χ0) is 25.5. The van der Waals surface area contributed by atoms with Gasteiger partial charge >= 0.3 is 0 Å². The van der Waals surface area contributed by atoms with Gasteiger partial charge in [-0.15, -0.1) is 11.3 Å².